The topological polar surface area (TPSA) is 66.8 Å². The molecule has 5 heteroatoms. The Morgan fingerprint density at radius 1 is 1.53 bits per heavy atom. The molecule has 0 bridgehead atoms. The quantitative estimate of drug-likeness (QED) is 0.758. The molecule has 0 radical (unpaired) electrons. The lowest BCUT2D eigenvalue weighted by molar-refractivity contribution is -0.159. The maximum atomic E-state index is 11.2. The molecule has 4 nitrogen and oxygen atoms in total. The van der Waals surface area contributed by atoms with Crippen molar-refractivity contribution in [1.29, 1.82) is 0 Å². The zero-order valence-electron chi connectivity index (χ0n) is 8.64. The van der Waals surface area contributed by atoms with E-state index in [2.05, 4.69) is 4.74 Å². The van der Waals surface area contributed by atoms with E-state index in [1.807, 2.05) is 12.3 Å². The number of hydrogen-bond donors (Lipinski definition) is 2. The van der Waals surface area contributed by atoms with Crippen LogP contribution in [-0.2, 0) is 9.53 Å². The van der Waals surface area contributed by atoms with E-state index in [0.717, 1.165) is 5.56 Å². The fourth-order valence-corrected chi connectivity index (χ4v) is 2.08. The molecular weight excluding hydrogens is 216 g/mol. The van der Waals surface area contributed by atoms with Crippen molar-refractivity contribution in [3.63, 3.8) is 0 Å². The minimum atomic E-state index is -1.52. The van der Waals surface area contributed by atoms with Crippen LogP contribution in [0.2, 0.25) is 0 Å². The fourth-order valence-electron chi connectivity index (χ4n) is 1.20. The van der Waals surface area contributed by atoms with Gasteiger partial charge in [0.15, 0.2) is 6.10 Å². The van der Waals surface area contributed by atoms with Crippen molar-refractivity contribution < 1.29 is 19.7 Å². The predicted octanol–water partition coefficient (Wildman–Crippen LogP) is 1.01. The van der Waals surface area contributed by atoms with Gasteiger partial charge in [0.05, 0.1) is 6.61 Å². The fraction of sp³-hybridized carbons (Fsp3) is 0.500. The van der Waals surface area contributed by atoms with E-state index in [0.29, 0.717) is 5.56 Å². The summed E-state index contributed by atoms with van der Waals surface area (Å²) in [7, 11) is 0. The van der Waals surface area contributed by atoms with Gasteiger partial charge in [-0.05, 0) is 35.7 Å². The van der Waals surface area contributed by atoms with Gasteiger partial charge in [-0.25, -0.2) is 4.79 Å². The van der Waals surface area contributed by atoms with Gasteiger partial charge in [0.25, 0.3) is 0 Å². The summed E-state index contributed by atoms with van der Waals surface area (Å²) in [6.07, 6.45) is -2.73. The number of carbonyl (C=O) groups excluding carboxylic acids is 1. The Morgan fingerprint density at radius 2 is 2.20 bits per heavy atom. The molecule has 0 fully saturated rings. The molecule has 0 aliphatic rings. The number of ether oxygens (including phenoxy) is 1. The van der Waals surface area contributed by atoms with Crippen molar-refractivity contribution >= 4 is 17.3 Å². The van der Waals surface area contributed by atoms with Crippen LogP contribution in [0.15, 0.2) is 10.8 Å². The SMILES string of the molecule is CCOC(=O)C(O)C(O)c1cscc1C. The van der Waals surface area contributed by atoms with Crippen LogP contribution in [0.4, 0.5) is 0 Å². The molecule has 84 valence electrons. The molecule has 2 atom stereocenters. The summed E-state index contributed by atoms with van der Waals surface area (Å²) in [6, 6.07) is 0. The second-order valence-electron chi connectivity index (χ2n) is 3.15. The predicted molar refractivity (Wildman–Crippen MR) is 56.7 cm³/mol. The summed E-state index contributed by atoms with van der Waals surface area (Å²) in [4.78, 5) is 11.2. The molecule has 0 aliphatic heterocycles. The van der Waals surface area contributed by atoms with Gasteiger partial charge in [0.2, 0.25) is 0 Å². The van der Waals surface area contributed by atoms with Crippen molar-refractivity contribution in [2.75, 3.05) is 6.61 Å². The van der Waals surface area contributed by atoms with E-state index in [1.54, 1.807) is 12.3 Å². The summed E-state index contributed by atoms with van der Waals surface area (Å²) in [5.41, 5.74) is 1.43. The Kier molecular flexibility index (Phi) is 4.26. The van der Waals surface area contributed by atoms with Gasteiger partial charge in [-0.2, -0.15) is 11.3 Å². The van der Waals surface area contributed by atoms with E-state index in [-0.39, 0.29) is 6.61 Å². The minimum absolute atomic E-state index is 0.186. The third kappa shape index (κ3) is 2.77. The van der Waals surface area contributed by atoms with E-state index < -0.39 is 18.2 Å². The summed E-state index contributed by atoms with van der Waals surface area (Å²) < 4.78 is 4.62. The zero-order valence-corrected chi connectivity index (χ0v) is 9.45. The normalized spacial score (nSPS) is 14.7. The largest absolute Gasteiger partial charge is 0.464 e. The number of rotatable bonds is 4. The minimum Gasteiger partial charge on any atom is -0.464 e. The molecule has 0 spiro atoms. The molecule has 15 heavy (non-hydrogen) atoms. The Morgan fingerprint density at radius 3 is 2.67 bits per heavy atom. The molecule has 2 unspecified atom stereocenters. The van der Waals surface area contributed by atoms with Crippen LogP contribution in [-0.4, -0.2) is 28.9 Å². The van der Waals surface area contributed by atoms with E-state index >= 15 is 0 Å². The van der Waals surface area contributed by atoms with Crippen molar-refractivity contribution in [1.82, 2.24) is 0 Å². The molecule has 0 saturated heterocycles. The maximum Gasteiger partial charge on any atom is 0.338 e. The van der Waals surface area contributed by atoms with Crippen molar-refractivity contribution in [2.24, 2.45) is 0 Å². The van der Waals surface area contributed by atoms with Crippen molar-refractivity contribution in [3.05, 3.63) is 21.9 Å². The van der Waals surface area contributed by atoms with Gasteiger partial charge in [0.1, 0.15) is 6.10 Å². The highest BCUT2D eigenvalue weighted by atomic mass is 32.1. The van der Waals surface area contributed by atoms with Gasteiger partial charge >= 0.3 is 5.97 Å². The first kappa shape index (κ1) is 12.2. The van der Waals surface area contributed by atoms with Crippen LogP contribution in [0.3, 0.4) is 0 Å². The molecule has 0 aliphatic carbocycles. The second-order valence-corrected chi connectivity index (χ2v) is 3.90. The third-order valence-corrected chi connectivity index (χ3v) is 2.92. The number of esters is 1. The Bertz CT molecular complexity index is 334. The first-order valence-corrected chi connectivity index (χ1v) is 5.57. The number of hydrogen-bond acceptors (Lipinski definition) is 5. The maximum absolute atomic E-state index is 11.2. The Labute approximate surface area is 92.1 Å². The van der Waals surface area contributed by atoms with E-state index in [4.69, 9.17) is 0 Å². The third-order valence-electron chi connectivity index (χ3n) is 2.04. The van der Waals surface area contributed by atoms with Gasteiger partial charge in [0, 0.05) is 0 Å². The smallest absolute Gasteiger partial charge is 0.338 e. The summed E-state index contributed by atoms with van der Waals surface area (Å²) in [6.45, 7) is 3.64. The van der Waals surface area contributed by atoms with Crippen molar-refractivity contribution in [3.8, 4) is 0 Å². The molecule has 0 amide bonds. The Balaban J connectivity index is 2.72. The highest BCUT2D eigenvalue weighted by Gasteiger charge is 2.28. The highest BCUT2D eigenvalue weighted by Crippen LogP contribution is 2.24. The van der Waals surface area contributed by atoms with Crippen LogP contribution in [0.5, 0.6) is 0 Å². The first-order chi connectivity index (χ1) is 7.07. The molecule has 0 aromatic carbocycles. The molecular formula is C10H14O4S. The average molecular weight is 230 g/mol. The van der Waals surface area contributed by atoms with Gasteiger partial charge in [-0.1, -0.05) is 0 Å². The molecule has 2 N–H and O–H groups in total. The second kappa shape index (κ2) is 5.25. The summed E-state index contributed by atoms with van der Waals surface area (Å²) in [5.74, 6) is -0.796. The van der Waals surface area contributed by atoms with E-state index in [9.17, 15) is 15.0 Å². The lowest BCUT2D eigenvalue weighted by Gasteiger charge is -2.16. The number of aliphatic hydroxyl groups excluding tert-OH is 2. The number of aryl methyl sites for hydroxylation is 1. The van der Waals surface area contributed by atoms with Crippen LogP contribution in [0.1, 0.15) is 24.2 Å². The lowest BCUT2D eigenvalue weighted by atomic mass is 10.0. The molecule has 1 aromatic rings. The highest BCUT2D eigenvalue weighted by molar-refractivity contribution is 7.08. The van der Waals surface area contributed by atoms with E-state index in [1.165, 1.54) is 11.3 Å². The van der Waals surface area contributed by atoms with Crippen LogP contribution in [0.25, 0.3) is 0 Å². The van der Waals surface area contributed by atoms with Crippen LogP contribution >= 0.6 is 11.3 Å². The standard InChI is InChI=1S/C10H14O4S/c1-3-14-10(13)9(12)8(11)7-5-15-4-6(7)2/h4-5,8-9,11-12H,3H2,1-2H3. The molecule has 1 aromatic heterocycles. The van der Waals surface area contributed by atoms with Crippen LogP contribution in [0, 0.1) is 6.92 Å². The van der Waals surface area contributed by atoms with Crippen molar-refractivity contribution in [2.45, 2.75) is 26.1 Å². The molecule has 0 saturated carbocycles. The average Bonchev–Trinajstić information content (AvgIpc) is 2.62. The molecule has 1 rings (SSSR count). The monoisotopic (exact) mass is 230 g/mol. The lowest BCUT2D eigenvalue weighted by Crippen LogP contribution is -2.29. The van der Waals surface area contributed by atoms with Gasteiger partial charge < -0.3 is 14.9 Å². The van der Waals surface area contributed by atoms with Gasteiger partial charge in [-0.15, -0.1) is 0 Å². The summed E-state index contributed by atoms with van der Waals surface area (Å²) in [5, 5.41) is 22.8. The Hall–Kier alpha value is -0.910. The number of carbonyl (C=O) groups is 1. The number of thiophene rings is 1. The van der Waals surface area contributed by atoms with Gasteiger partial charge in [-0.3, -0.25) is 0 Å². The van der Waals surface area contributed by atoms with Crippen LogP contribution < -0.4 is 0 Å². The number of aliphatic hydroxyl groups is 2. The zero-order chi connectivity index (χ0) is 11.4. The molecule has 1 heterocycles. The first-order valence-electron chi connectivity index (χ1n) is 4.63. The summed E-state index contributed by atoms with van der Waals surface area (Å²) >= 11 is 1.41.